The first-order valence-corrected chi connectivity index (χ1v) is 7.62. The molecule has 0 fully saturated rings. The van der Waals surface area contributed by atoms with Crippen molar-refractivity contribution in [2.45, 2.75) is 45.7 Å². The van der Waals surface area contributed by atoms with Gasteiger partial charge in [-0.3, -0.25) is 0 Å². The van der Waals surface area contributed by atoms with Gasteiger partial charge in [-0.25, -0.2) is 0 Å². The molecule has 0 aliphatic rings. The molecule has 0 saturated heterocycles. The summed E-state index contributed by atoms with van der Waals surface area (Å²) in [6.07, 6.45) is 2.47. The molecule has 1 aromatic carbocycles. The smallest absolute Gasteiger partial charge is 0.118 e. The van der Waals surface area contributed by atoms with Gasteiger partial charge >= 0.3 is 0 Å². The van der Waals surface area contributed by atoms with Crippen molar-refractivity contribution in [1.82, 2.24) is 10.2 Å². The van der Waals surface area contributed by atoms with Crippen LogP contribution in [0, 0.1) is 0 Å². The zero-order valence-corrected chi connectivity index (χ0v) is 13.6. The maximum atomic E-state index is 5.18. The number of rotatable bonds is 9. The van der Waals surface area contributed by atoms with E-state index in [2.05, 4.69) is 50.2 Å². The minimum atomic E-state index is 0.392. The Kier molecular flexibility index (Phi) is 7.63. The van der Waals surface area contributed by atoms with Gasteiger partial charge in [-0.05, 0) is 71.4 Å². The third kappa shape index (κ3) is 5.93. The lowest BCUT2D eigenvalue weighted by atomic mass is 10.1. The molecule has 0 spiro atoms. The first-order chi connectivity index (χ1) is 9.54. The molecule has 1 unspecified atom stereocenters. The van der Waals surface area contributed by atoms with E-state index in [0.29, 0.717) is 12.1 Å². The zero-order valence-electron chi connectivity index (χ0n) is 13.6. The summed E-state index contributed by atoms with van der Waals surface area (Å²) in [7, 11) is 3.89. The Hall–Kier alpha value is -1.06. The number of methoxy groups -OCH3 is 1. The van der Waals surface area contributed by atoms with Crippen molar-refractivity contribution in [3.63, 3.8) is 0 Å². The van der Waals surface area contributed by atoms with Crippen LogP contribution in [0.3, 0.4) is 0 Å². The standard InChI is InChI=1S/C17H30N2O/c1-14(2)19(4)13-7-6-12-18-15(3)16-8-10-17(20-5)11-9-16/h8-11,14-15,18H,6-7,12-13H2,1-5H3. The topological polar surface area (TPSA) is 24.5 Å². The SMILES string of the molecule is COc1ccc(C(C)NCCCCN(C)C(C)C)cc1. The molecule has 0 aromatic heterocycles. The number of ether oxygens (including phenoxy) is 1. The fourth-order valence-corrected chi connectivity index (χ4v) is 2.07. The third-order valence-corrected chi connectivity index (χ3v) is 3.89. The lowest BCUT2D eigenvalue weighted by Crippen LogP contribution is -2.28. The first kappa shape index (κ1) is 17.0. The van der Waals surface area contributed by atoms with E-state index in [9.17, 15) is 0 Å². The predicted octanol–water partition coefficient (Wildman–Crippen LogP) is 3.47. The van der Waals surface area contributed by atoms with Gasteiger partial charge in [0, 0.05) is 12.1 Å². The summed E-state index contributed by atoms with van der Waals surface area (Å²) in [6.45, 7) is 8.94. The summed E-state index contributed by atoms with van der Waals surface area (Å²) < 4.78 is 5.18. The summed E-state index contributed by atoms with van der Waals surface area (Å²) in [5.74, 6) is 0.915. The number of nitrogens with zero attached hydrogens (tertiary/aromatic N) is 1. The van der Waals surface area contributed by atoms with Gasteiger partial charge in [0.25, 0.3) is 0 Å². The van der Waals surface area contributed by atoms with Gasteiger partial charge < -0.3 is 15.0 Å². The van der Waals surface area contributed by atoms with E-state index in [1.54, 1.807) is 7.11 Å². The van der Waals surface area contributed by atoms with Gasteiger partial charge in [0.05, 0.1) is 7.11 Å². The average Bonchev–Trinajstić information content (AvgIpc) is 2.46. The minimum Gasteiger partial charge on any atom is -0.497 e. The van der Waals surface area contributed by atoms with Crippen molar-refractivity contribution in [2.75, 3.05) is 27.2 Å². The fraction of sp³-hybridized carbons (Fsp3) is 0.647. The van der Waals surface area contributed by atoms with Crippen LogP contribution < -0.4 is 10.1 Å². The van der Waals surface area contributed by atoms with E-state index in [0.717, 1.165) is 12.3 Å². The molecule has 0 radical (unpaired) electrons. The molecule has 20 heavy (non-hydrogen) atoms. The van der Waals surface area contributed by atoms with E-state index in [-0.39, 0.29) is 0 Å². The molecular formula is C17H30N2O. The van der Waals surface area contributed by atoms with Crippen molar-refractivity contribution in [2.24, 2.45) is 0 Å². The largest absolute Gasteiger partial charge is 0.497 e. The lowest BCUT2D eigenvalue weighted by molar-refractivity contribution is 0.267. The summed E-state index contributed by atoms with van der Waals surface area (Å²) in [5.41, 5.74) is 1.31. The highest BCUT2D eigenvalue weighted by Gasteiger charge is 2.05. The minimum absolute atomic E-state index is 0.392. The van der Waals surface area contributed by atoms with Crippen molar-refractivity contribution in [3.8, 4) is 5.75 Å². The Morgan fingerprint density at radius 2 is 1.75 bits per heavy atom. The molecule has 1 aromatic rings. The predicted molar refractivity (Wildman–Crippen MR) is 86.4 cm³/mol. The van der Waals surface area contributed by atoms with Gasteiger partial charge in [0.15, 0.2) is 0 Å². The molecule has 1 N–H and O–H groups in total. The van der Waals surface area contributed by atoms with Crippen LogP contribution in [0.4, 0.5) is 0 Å². The van der Waals surface area contributed by atoms with E-state index in [1.165, 1.54) is 24.9 Å². The average molecular weight is 278 g/mol. The van der Waals surface area contributed by atoms with Crippen molar-refractivity contribution < 1.29 is 4.74 Å². The highest BCUT2D eigenvalue weighted by molar-refractivity contribution is 5.28. The molecule has 0 heterocycles. The second-order valence-electron chi connectivity index (χ2n) is 5.73. The number of hydrogen-bond acceptors (Lipinski definition) is 3. The molecule has 1 rings (SSSR count). The van der Waals surface area contributed by atoms with Crippen LogP contribution >= 0.6 is 0 Å². The molecule has 0 aliphatic carbocycles. The second-order valence-corrected chi connectivity index (χ2v) is 5.73. The van der Waals surface area contributed by atoms with Crippen LogP contribution in [0.5, 0.6) is 5.75 Å². The van der Waals surface area contributed by atoms with E-state index in [4.69, 9.17) is 4.74 Å². The number of nitrogens with one attached hydrogen (secondary N) is 1. The monoisotopic (exact) mass is 278 g/mol. The highest BCUT2D eigenvalue weighted by Crippen LogP contribution is 2.17. The second kappa shape index (κ2) is 8.98. The third-order valence-electron chi connectivity index (χ3n) is 3.89. The molecular weight excluding hydrogens is 248 g/mol. The maximum absolute atomic E-state index is 5.18. The summed E-state index contributed by atoms with van der Waals surface area (Å²) in [5, 5.41) is 3.58. The highest BCUT2D eigenvalue weighted by atomic mass is 16.5. The fourth-order valence-electron chi connectivity index (χ4n) is 2.07. The first-order valence-electron chi connectivity index (χ1n) is 7.62. The molecule has 0 amide bonds. The Bertz CT molecular complexity index is 362. The van der Waals surface area contributed by atoms with E-state index < -0.39 is 0 Å². The molecule has 0 aliphatic heterocycles. The van der Waals surface area contributed by atoms with Crippen molar-refractivity contribution >= 4 is 0 Å². The van der Waals surface area contributed by atoms with Gasteiger partial charge in [-0.1, -0.05) is 12.1 Å². The number of unbranched alkanes of at least 4 members (excludes halogenated alkanes) is 1. The molecule has 3 heteroatoms. The number of hydrogen-bond donors (Lipinski definition) is 1. The molecule has 0 bridgehead atoms. The lowest BCUT2D eigenvalue weighted by Gasteiger charge is -2.21. The quantitative estimate of drug-likeness (QED) is 0.700. The Labute approximate surface area is 124 Å². The van der Waals surface area contributed by atoms with Crippen LogP contribution in [-0.4, -0.2) is 38.2 Å². The Morgan fingerprint density at radius 3 is 2.30 bits per heavy atom. The van der Waals surface area contributed by atoms with Crippen LogP contribution in [0.15, 0.2) is 24.3 Å². The van der Waals surface area contributed by atoms with E-state index in [1.807, 2.05) is 12.1 Å². The maximum Gasteiger partial charge on any atom is 0.118 e. The molecule has 114 valence electrons. The molecule has 1 atom stereocenters. The van der Waals surface area contributed by atoms with Gasteiger partial charge in [-0.15, -0.1) is 0 Å². The van der Waals surface area contributed by atoms with Gasteiger partial charge in [0.1, 0.15) is 5.75 Å². The van der Waals surface area contributed by atoms with Crippen LogP contribution in [0.1, 0.15) is 45.2 Å². The normalized spacial score (nSPS) is 12.9. The Balaban J connectivity index is 2.21. The van der Waals surface area contributed by atoms with Gasteiger partial charge in [0.2, 0.25) is 0 Å². The zero-order chi connectivity index (χ0) is 15.0. The van der Waals surface area contributed by atoms with E-state index >= 15 is 0 Å². The van der Waals surface area contributed by atoms with Crippen LogP contribution in [0.25, 0.3) is 0 Å². The van der Waals surface area contributed by atoms with Crippen LogP contribution in [-0.2, 0) is 0 Å². The van der Waals surface area contributed by atoms with Gasteiger partial charge in [-0.2, -0.15) is 0 Å². The summed E-state index contributed by atoms with van der Waals surface area (Å²) in [4.78, 5) is 2.40. The molecule has 0 saturated carbocycles. The van der Waals surface area contributed by atoms with Crippen molar-refractivity contribution in [3.05, 3.63) is 29.8 Å². The molecule has 3 nitrogen and oxygen atoms in total. The van der Waals surface area contributed by atoms with Crippen LogP contribution in [0.2, 0.25) is 0 Å². The summed E-state index contributed by atoms with van der Waals surface area (Å²) in [6, 6.07) is 9.33. The number of benzene rings is 1. The Morgan fingerprint density at radius 1 is 1.10 bits per heavy atom. The summed E-state index contributed by atoms with van der Waals surface area (Å²) >= 11 is 0. The van der Waals surface area contributed by atoms with Crippen molar-refractivity contribution in [1.29, 1.82) is 0 Å².